The van der Waals surface area contributed by atoms with Gasteiger partial charge in [0, 0.05) is 50.5 Å². The number of aromatic nitrogens is 4. The molecule has 0 amide bonds. The normalized spacial score (nSPS) is 12.2. The zero-order valence-corrected chi connectivity index (χ0v) is 35.9. The van der Waals surface area contributed by atoms with Crippen molar-refractivity contribution in [3.05, 3.63) is 163 Å². The van der Waals surface area contributed by atoms with Crippen LogP contribution >= 0.6 is 0 Å². The van der Waals surface area contributed by atoms with Crippen LogP contribution in [0.2, 0.25) is 0 Å². The molecule has 0 aliphatic rings. The van der Waals surface area contributed by atoms with Gasteiger partial charge in [0.2, 0.25) is 0 Å². The molecule has 5 nitrogen and oxygen atoms in total. The number of ether oxygens (including phenoxy) is 1. The summed E-state index contributed by atoms with van der Waals surface area (Å²) in [5.74, 6) is 2.04. The minimum atomic E-state index is -0.189. The molecule has 0 aliphatic carbocycles. The van der Waals surface area contributed by atoms with E-state index in [2.05, 4.69) is 204 Å². The zero-order valence-electron chi connectivity index (χ0n) is 33.6. The molecule has 0 fully saturated rings. The van der Waals surface area contributed by atoms with Crippen LogP contribution in [0, 0.1) is 18.5 Å². The van der Waals surface area contributed by atoms with Gasteiger partial charge in [-0.3, -0.25) is 4.57 Å². The molecular formula is C50H48N4OPt-2. The van der Waals surface area contributed by atoms with E-state index in [1.54, 1.807) is 0 Å². The molecule has 6 heteroatoms. The van der Waals surface area contributed by atoms with Gasteiger partial charge in [-0.05, 0) is 74.3 Å². The fraction of sp³-hybridized carbons (Fsp3) is 0.240. The van der Waals surface area contributed by atoms with Gasteiger partial charge in [-0.1, -0.05) is 128 Å². The quantitative estimate of drug-likeness (QED) is 0.123. The predicted molar refractivity (Wildman–Crippen MR) is 224 cm³/mol. The molecule has 0 atom stereocenters. The Kier molecular flexibility index (Phi) is 10.2. The Balaban J connectivity index is 0.00000480. The molecule has 0 aliphatic heterocycles. The van der Waals surface area contributed by atoms with E-state index in [0.29, 0.717) is 11.5 Å². The first-order chi connectivity index (χ1) is 26.1. The predicted octanol–water partition coefficient (Wildman–Crippen LogP) is 12.0. The summed E-state index contributed by atoms with van der Waals surface area (Å²) in [6, 6.07) is 47.5. The second-order valence-electron chi connectivity index (χ2n) is 17.5. The van der Waals surface area contributed by atoms with Crippen molar-refractivity contribution in [3.8, 4) is 39.8 Å². The summed E-state index contributed by atoms with van der Waals surface area (Å²) in [7, 11) is 0. The Labute approximate surface area is 345 Å². The second kappa shape index (κ2) is 14.7. The third-order valence-electron chi connectivity index (χ3n) is 10.3. The molecule has 0 N–H and O–H groups in total. The van der Waals surface area contributed by atoms with E-state index in [9.17, 15) is 0 Å². The standard InChI is InChI=1S/C50H48N4O.Pt/c1-48(2,3)36-18-15-19-38(28-36)52-32-46(50(7,8)9)53(33-52)39-26-35(34-16-11-10-12-17-34)27-41(30-39)55-40-22-23-43-42-20-13-14-21-44(42)54(45(43)31-40)47-29-37(24-25-51-47)49(4,5)6;/h10-29,32H,1-9H3;/q-2;. The van der Waals surface area contributed by atoms with E-state index in [4.69, 9.17) is 9.72 Å². The first-order valence-corrected chi connectivity index (χ1v) is 19.0. The van der Waals surface area contributed by atoms with Crippen molar-refractivity contribution < 1.29 is 30.4 Å². The first kappa shape index (κ1) is 39.0. The molecule has 56 heavy (non-hydrogen) atoms. The summed E-state index contributed by atoms with van der Waals surface area (Å²) in [5.41, 5.74) is 9.39. The van der Waals surface area contributed by atoms with E-state index in [1.165, 1.54) is 11.1 Å². The maximum atomic E-state index is 6.77. The third-order valence-corrected chi connectivity index (χ3v) is 10.3. The smallest absolute Gasteiger partial charge is 0.267 e. The van der Waals surface area contributed by atoms with Crippen molar-refractivity contribution in [1.29, 1.82) is 0 Å². The Bertz CT molecular complexity index is 2680. The zero-order chi connectivity index (χ0) is 38.7. The van der Waals surface area contributed by atoms with E-state index in [0.717, 1.165) is 55.8 Å². The van der Waals surface area contributed by atoms with Gasteiger partial charge in [0.15, 0.2) is 0 Å². The van der Waals surface area contributed by atoms with Gasteiger partial charge < -0.3 is 13.9 Å². The van der Waals surface area contributed by atoms with E-state index in [1.807, 2.05) is 18.3 Å². The monoisotopic (exact) mass is 915 g/mol. The molecule has 0 spiro atoms. The molecule has 8 aromatic rings. The van der Waals surface area contributed by atoms with Gasteiger partial charge in [-0.25, -0.2) is 4.98 Å². The van der Waals surface area contributed by atoms with Crippen LogP contribution < -0.4 is 9.30 Å². The number of para-hydroxylation sites is 1. The molecule has 0 saturated heterocycles. The van der Waals surface area contributed by atoms with Crippen molar-refractivity contribution in [2.75, 3.05) is 0 Å². The summed E-state index contributed by atoms with van der Waals surface area (Å²) < 4.78 is 13.2. The number of benzene rings is 5. The largest absolute Gasteiger partial charge is 0.510 e. The third kappa shape index (κ3) is 7.62. The van der Waals surface area contributed by atoms with E-state index < -0.39 is 0 Å². The van der Waals surface area contributed by atoms with Crippen LogP contribution in [0.5, 0.6) is 11.5 Å². The molecule has 8 rings (SSSR count). The van der Waals surface area contributed by atoms with Crippen LogP contribution in [0.3, 0.4) is 0 Å². The van der Waals surface area contributed by atoms with Crippen LogP contribution in [-0.4, -0.2) is 14.1 Å². The summed E-state index contributed by atoms with van der Waals surface area (Å²) in [6.45, 7) is 20.1. The summed E-state index contributed by atoms with van der Waals surface area (Å²) in [4.78, 5) is 4.86. The van der Waals surface area contributed by atoms with Gasteiger partial charge in [-0.15, -0.1) is 35.2 Å². The molecule has 0 saturated carbocycles. The van der Waals surface area contributed by atoms with Gasteiger partial charge >= 0.3 is 0 Å². The van der Waals surface area contributed by atoms with Crippen molar-refractivity contribution in [2.24, 2.45) is 0 Å². The van der Waals surface area contributed by atoms with Gasteiger partial charge in [0.1, 0.15) is 5.82 Å². The van der Waals surface area contributed by atoms with Gasteiger partial charge in [0.05, 0.1) is 11.4 Å². The maximum absolute atomic E-state index is 6.77. The number of rotatable bonds is 6. The van der Waals surface area contributed by atoms with Crippen molar-refractivity contribution >= 4 is 21.8 Å². The number of pyridine rings is 1. The topological polar surface area (TPSA) is 35.9 Å². The molecule has 3 heterocycles. The van der Waals surface area contributed by atoms with Gasteiger partial charge in [-0.2, -0.15) is 12.1 Å². The molecule has 0 radical (unpaired) electrons. The van der Waals surface area contributed by atoms with Crippen LogP contribution in [-0.2, 0) is 37.3 Å². The Hall–Kier alpha value is -5.25. The number of hydrogen-bond acceptors (Lipinski definition) is 2. The average molecular weight is 916 g/mol. The summed E-state index contributed by atoms with van der Waals surface area (Å²) >= 11 is 0. The van der Waals surface area contributed by atoms with Crippen molar-refractivity contribution in [3.63, 3.8) is 0 Å². The average Bonchev–Trinajstić information content (AvgIpc) is 3.75. The van der Waals surface area contributed by atoms with Crippen molar-refractivity contribution in [2.45, 2.75) is 78.6 Å². The molecule has 0 unspecified atom stereocenters. The Morgan fingerprint density at radius 2 is 1.32 bits per heavy atom. The number of hydrogen-bond donors (Lipinski definition) is 0. The molecule has 0 bridgehead atoms. The summed E-state index contributed by atoms with van der Waals surface area (Å²) in [5, 5.41) is 2.23. The molecule has 286 valence electrons. The Morgan fingerprint density at radius 1 is 0.607 bits per heavy atom. The second-order valence-corrected chi connectivity index (χ2v) is 17.5. The van der Waals surface area contributed by atoms with E-state index in [-0.39, 0.29) is 37.3 Å². The van der Waals surface area contributed by atoms with Crippen LogP contribution in [0.4, 0.5) is 0 Å². The number of nitrogens with zero attached hydrogens (tertiary/aromatic N) is 4. The fourth-order valence-electron chi connectivity index (χ4n) is 7.14. The number of fused-ring (bicyclic) bond motifs is 3. The fourth-order valence-corrected chi connectivity index (χ4v) is 7.14. The Morgan fingerprint density at radius 3 is 2.05 bits per heavy atom. The minimum absolute atomic E-state index is 0. The minimum Gasteiger partial charge on any atom is -0.510 e. The van der Waals surface area contributed by atoms with Crippen LogP contribution in [0.15, 0.2) is 128 Å². The molecule has 3 aromatic heterocycles. The number of imidazole rings is 1. The van der Waals surface area contributed by atoms with E-state index >= 15 is 0 Å². The SMILES string of the molecule is CC(C)(C)c1cccc(-[n+]2[c-]n(-c3[c-]c(Oc4[c-]c5c(cc4)c4ccccc4n5-c4cc(C(C)(C)C)ccn4)cc(-c4ccccc4)c3)c(C(C)(C)C)c2)c1.[Pt]. The van der Waals surface area contributed by atoms with Crippen LogP contribution in [0.25, 0.3) is 50.1 Å². The van der Waals surface area contributed by atoms with Crippen molar-refractivity contribution in [1.82, 2.24) is 14.1 Å². The maximum Gasteiger partial charge on any atom is 0.267 e. The molecular weight excluding hydrogens is 868 g/mol. The van der Waals surface area contributed by atoms with Crippen LogP contribution in [0.1, 0.15) is 79.1 Å². The van der Waals surface area contributed by atoms with Gasteiger partial charge in [0.25, 0.3) is 6.33 Å². The molecule has 5 aromatic carbocycles. The summed E-state index contributed by atoms with van der Waals surface area (Å²) in [6.07, 6.45) is 7.77. The first-order valence-electron chi connectivity index (χ1n) is 19.0.